The molecular weight excluding hydrogens is 354 g/mol. The molecule has 0 saturated carbocycles. The Kier molecular flexibility index (Phi) is 5.85. The Morgan fingerprint density at radius 1 is 1.19 bits per heavy atom. The first-order valence-electron chi connectivity index (χ1n) is 7.96. The summed E-state index contributed by atoms with van der Waals surface area (Å²) in [5, 5.41) is 8.65. The van der Waals surface area contributed by atoms with Gasteiger partial charge in [0.1, 0.15) is 6.54 Å². The van der Waals surface area contributed by atoms with E-state index in [1.165, 1.54) is 17.0 Å². The minimum atomic E-state index is -3.88. The maximum absolute atomic E-state index is 12.6. The minimum absolute atomic E-state index is 0.134. The van der Waals surface area contributed by atoms with E-state index < -0.39 is 21.5 Å². The number of furan rings is 1. The molecule has 138 valence electrons. The average Bonchev–Trinajstić information content (AvgIpc) is 3.03. The summed E-state index contributed by atoms with van der Waals surface area (Å²) in [5.41, 5.74) is 0.167. The summed E-state index contributed by atoms with van der Waals surface area (Å²) >= 11 is 0. The summed E-state index contributed by atoms with van der Waals surface area (Å²) in [4.78, 5) is 13.9. The molecule has 8 heteroatoms. The summed E-state index contributed by atoms with van der Waals surface area (Å²) in [7, 11) is -3.88. The van der Waals surface area contributed by atoms with E-state index in [0.717, 1.165) is 5.56 Å². The Hall–Kier alpha value is -2.63. The van der Waals surface area contributed by atoms with Crippen molar-refractivity contribution < 1.29 is 17.6 Å². The normalized spacial score (nSPS) is 11.8. The summed E-state index contributed by atoms with van der Waals surface area (Å²) in [6, 6.07) is 13.7. The molecule has 0 bridgehead atoms. The van der Waals surface area contributed by atoms with Gasteiger partial charge in [-0.05, 0) is 38.5 Å². The first-order chi connectivity index (χ1) is 12.1. The van der Waals surface area contributed by atoms with Crippen LogP contribution in [0, 0.1) is 11.3 Å². The fourth-order valence-electron chi connectivity index (χ4n) is 2.28. The van der Waals surface area contributed by atoms with E-state index in [1.54, 1.807) is 20.8 Å². The number of nitrogens with one attached hydrogen (secondary N) is 1. The van der Waals surface area contributed by atoms with Crippen LogP contribution in [0.4, 0.5) is 0 Å². The number of nitrogens with zero attached hydrogens (tertiary/aromatic N) is 2. The van der Waals surface area contributed by atoms with Gasteiger partial charge in [0, 0.05) is 12.1 Å². The minimum Gasteiger partial charge on any atom is -0.438 e. The van der Waals surface area contributed by atoms with Crippen molar-refractivity contribution in [3.63, 3.8) is 0 Å². The van der Waals surface area contributed by atoms with Gasteiger partial charge in [-0.3, -0.25) is 4.79 Å². The summed E-state index contributed by atoms with van der Waals surface area (Å²) in [5.74, 6) is -0.682. The molecule has 1 aromatic carbocycles. The molecule has 2 aromatic rings. The monoisotopic (exact) mass is 375 g/mol. The number of amides is 1. The number of rotatable bonds is 6. The molecule has 0 aliphatic heterocycles. The van der Waals surface area contributed by atoms with Crippen LogP contribution in [0.15, 0.2) is 52.0 Å². The van der Waals surface area contributed by atoms with Gasteiger partial charge in [0.15, 0.2) is 5.76 Å². The molecule has 0 aliphatic rings. The Labute approximate surface area is 153 Å². The van der Waals surface area contributed by atoms with E-state index in [0.29, 0.717) is 0 Å². The first kappa shape index (κ1) is 19.7. The third kappa shape index (κ3) is 5.18. The lowest BCUT2D eigenvalue weighted by molar-refractivity contribution is 0.0727. The van der Waals surface area contributed by atoms with Crippen molar-refractivity contribution in [1.29, 1.82) is 5.26 Å². The Balaban J connectivity index is 2.23. The van der Waals surface area contributed by atoms with Crippen LogP contribution in [0.3, 0.4) is 0 Å². The Bertz CT molecular complexity index is 906. The van der Waals surface area contributed by atoms with Gasteiger partial charge in [-0.1, -0.05) is 30.3 Å². The van der Waals surface area contributed by atoms with Crippen LogP contribution in [0.5, 0.6) is 0 Å². The molecule has 1 N–H and O–H groups in total. The number of carbonyl (C=O) groups is 1. The SMILES string of the molecule is CC(C)(C)NS(=O)(=O)c1ccc(C(=O)N(CC#N)Cc2ccccc2)o1. The second-order valence-corrected chi connectivity index (χ2v) is 8.39. The smallest absolute Gasteiger partial charge is 0.290 e. The molecule has 2 rings (SSSR count). The van der Waals surface area contributed by atoms with E-state index in [1.807, 2.05) is 36.4 Å². The van der Waals surface area contributed by atoms with Crippen LogP contribution in [0.1, 0.15) is 36.9 Å². The molecule has 7 nitrogen and oxygen atoms in total. The van der Waals surface area contributed by atoms with Gasteiger partial charge in [-0.25, -0.2) is 13.1 Å². The number of nitriles is 1. The lowest BCUT2D eigenvalue weighted by Gasteiger charge is -2.19. The second kappa shape index (κ2) is 7.72. The molecule has 26 heavy (non-hydrogen) atoms. The van der Waals surface area contributed by atoms with Crippen molar-refractivity contribution >= 4 is 15.9 Å². The van der Waals surface area contributed by atoms with Gasteiger partial charge < -0.3 is 9.32 Å². The van der Waals surface area contributed by atoms with Crippen molar-refractivity contribution in [3.8, 4) is 6.07 Å². The third-order valence-electron chi connectivity index (χ3n) is 3.26. The fraction of sp³-hybridized carbons (Fsp3) is 0.333. The number of hydrogen-bond donors (Lipinski definition) is 1. The van der Waals surface area contributed by atoms with Crippen molar-refractivity contribution in [2.75, 3.05) is 6.54 Å². The maximum Gasteiger partial charge on any atom is 0.290 e. The van der Waals surface area contributed by atoms with Gasteiger partial charge >= 0.3 is 0 Å². The van der Waals surface area contributed by atoms with Crippen molar-refractivity contribution in [2.45, 2.75) is 37.9 Å². The molecule has 1 aromatic heterocycles. The van der Waals surface area contributed by atoms with E-state index in [4.69, 9.17) is 9.68 Å². The predicted octanol–water partition coefficient (Wildman–Crippen LogP) is 2.52. The Morgan fingerprint density at radius 2 is 1.85 bits per heavy atom. The third-order valence-corrected chi connectivity index (χ3v) is 4.89. The molecule has 0 aliphatic carbocycles. The van der Waals surface area contributed by atoms with Gasteiger partial charge in [0.2, 0.25) is 5.09 Å². The van der Waals surface area contributed by atoms with Crippen LogP contribution < -0.4 is 4.72 Å². The average molecular weight is 375 g/mol. The largest absolute Gasteiger partial charge is 0.438 e. The van der Waals surface area contributed by atoms with Crippen molar-refractivity contribution in [1.82, 2.24) is 9.62 Å². The van der Waals surface area contributed by atoms with Crippen LogP contribution in [0.25, 0.3) is 0 Å². The Morgan fingerprint density at radius 3 is 2.42 bits per heavy atom. The van der Waals surface area contributed by atoms with Crippen LogP contribution in [-0.4, -0.2) is 31.3 Å². The van der Waals surface area contributed by atoms with Crippen LogP contribution in [-0.2, 0) is 16.6 Å². The lowest BCUT2D eigenvalue weighted by Crippen LogP contribution is -2.40. The van der Waals surface area contributed by atoms with E-state index in [2.05, 4.69) is 4.72 Å². The topological polar surface area (TPSA) is 103 Å². The summed E-state index contributed by atoms with van der Waals surface area (Å²) < 4.78 is 32.3. The second-order valence-electron chi connectivity index (χ2n) is 6.78. The van der Waals surface area contributed by atoms with Gasteiger partial charge in [-0.15, -0.1) is 0 Å². The number of benzene rings is 1. The van der Waals surface area contributed by atoms with E-state index in [9.17, 15) is 13.2 Å². The highest BCUT2D eigenvalue weighted by atomic mass is 32.2. The van der Waals surface area contributed by atoms with Gasteiger partial charge in [0.25, 0.3) is 15.9 Å². The van der Waals surface area contributed by atoms with Gasteiger partial charge in [0.05, 0.1) is 6.07 Å². The standard InChI is InChI=1S/C18H21N3O4S/c1-18(2,3)20-26(23,24)16-10-9-15(25-16)17(22)21(12-11-19)13-14-7-5-4-6-8-14/h4-10,20H,12-13H2,1-3H3. The zero-order chi connectivity index (χ0) is 19.4. The molecule has 1 heterocycles. The first-order valence-corrected chi connectivity index (χ1v) is 9.45. The predicted molar refractivity (Wildman–Crippen MR) is 95.6 cm³/mol. The van der Waals surface area contributed by atoms with E-state index >= 15 is 0 Å². The molecule has 0 atom stereocenters. The maximum atomic E-state index is 12.6. The lowest BCUT2D eigenvalue weighted by atomic mass is 10.1. The van der Waals surface area contributed by atoms with Gasteiger partial charge in [-0.2, -0.15) is 5.26 Å². The van der Waals surface area contributed by atoms with E-state index in [-0.39, 0.29) is 23.9 Å². The fourth-order valence-corrected chi connectivity index (χ4v) is 3.63. The van der Waals surface area contributed by atoms with Crippen LogP contribution >= 0.6 is 0 Å². The molecule has 1 amide bonds. The number of sulfonamides is 1. The number of hydrogen-bond acceptors (Lipinski definition) is 5. The van der Waals surface area contributed by atoms with Crippen molar-refractivity contribution in [3.05, 3.63) is 53.8 Å². The highest BCUT2D eigenvalue weighted by molar-refractivity contribution is 7.89. The summed E-state index contributed by atoms with van der Waals surface area (Å²) in [6.07, 6.45) is 0. The highest BCUT2D eigenvalue weighted by Gasteiger charge is 2.27. The number of carbonyl (C=O) groups excluding carboxylic acids is 1. The molecule has 0 spiro atoms. The molecule has 0 fully saturated rings. The molecule has 0 unspecified atom stereocenters. The molecule has 0 saturated heterocycles. The summed E-state index contributed by atoms with van der Waals surface area (Å²) in [6.45, 7) is 5.18. The highest BCUT2D eigenvalue weighted by Crippen LogP contribution is 2.18. The van der Waals surface area contributed by atoms with Crippen molar-refractivity contribution in [2.24, 2.45) is 0 Å². The zero-order valence-corrected chi connectivity index (χ0v) is 15.7. The zero-order valence-electron chi connectivity index (χ0n) is 14.9. The molecule has 0 radical (unpaired) electrons. The van der Waals surface area contributed by atoms with Crippen LogP contribution in [0.2, 0.25) is 0 Å². The quantitative estimate of drug-likeness (QED) is 0.782. The molecular formula is C18H21N3O4S.